The van der Waals surface area contributed by atoms with E-state index in [0.29, 0.717) is 6.04 Å². The van der Waals surface area contributed by atoms with Crippen LogP contribution < -0.4 is 5.32 Å². The molecule has 1 N–H and O–H groups in total. The van der Waals surface area contributed by atoms with Crippen molar-refractivity contribution in [3.8, 4) is 0 Å². The molecule has 0 aliphatic carbocycles. The molecule has 0 amide bonds. The van der Waals surface area contributed by atoms with Gasteiger partial charge in [0.1, 0.15) is 6.29 Å². The summed E-state index contributed by atoms with van der Waals surface area (Å²) in [5, 5.41) is 3.05. The Labute approximate surface area is 84.5 Å². The lowest BCUT2D eigenvalue weighted by Crippen LogP contribution is -2.29. The van der Waals surface area contributed by atoms with Crippen molar-refractivity contribution in [3.05, 3.63) is 23.5 Å². The van der Waals surface area contributed by atoms with Gasteiger partial charge in [0, 0.05) is 30.4 Å². The van der Waals surface area contributed by atoms with Gasteiger partial charge in [-0.3, -0.25) is 9.69 Å². The molecule has 0 unspecified atom stereocenters. The number of carbonyl (C=O) groups is 1. The van der Waals surface area contributed by atoms with Gasteiger partial charge in [-0.15, -0.1) is 0 Å². The maximum atomic E-state index is 10.7. The lowest BCUT2D eigenvalue weighted by Gasteiger charge is -2.24. The molecule has 3 nitrogen and oxygen atoms in total. The molecule has 0 aromatic rings. The van der Waals surface area contributed by atoms with Gasteiger partial charge in [-0.2, -0.15) is 0 Å². The van der Waals surface area contributed by atoms with E-state index in [1.54, 1.807) is 6.20 Å². The van der Waals surface area contributed by atoms with Crippen LogP contribution in [0.1, 0.15) is 19.3 Å². The lowest BCUT2D eigenvalue weighted by atomic mass is 9.97. The Kier molecular flexibility index (Phi) is 2.68. The van der Waals surface area contributed by atoms with E-state index >= 15 is 0 Å². The summed E-state index contributed by atoms with van der Waals surface area (Å²) in [5.74, 6) is 0. The second-order valence-corrected chi connectivity index (χ2v) is 4.04. The number of dihydropyridines is 1. The first kappa shape index (κ1) is 9.46. The summed E-state index contributed by atoms with van der Waals surface area (Å²) in [4.78, 5) is 13.0. The van der Waals surface area contributed by atoms with E-state index in [1.165, 1.54) is 25.0 Å². The minimum absolute atomic E-state index is 0.533. The molecule has 0 aromatic heterocycles. The molecule has 2 aliphatic rings. The predicted molar refractivity (Wildman–Crippen MR) is 55.6 cm³/mol. The number of rotatable bonds is 2. The lowest BCUT2D eigenvalue weighted by molar-refractivity contribution is -0.105. The number of nitrogens with one attached hydrogen (secondary N) is 1. The molecule has 0 radical (unpaired) electrons. The third-order valence-corrected chi connectivity index (χ3v) is 3.05. The van der Waals surface area contributed by atoms with Gasteiger partial charge in [0.15, 0.2) is 0 Å². The predicted octanol–water partition coefficient (Wildman–Crippen LogP) is 1.04. The average molecular weight is 192 g/mol. The zero-order chi connectivity index (χ0) is 9.97. The summed E-state index contributed by atoms with van der Waals surface area (Å²) in [5.41, 5.74) is 2.19. The fourth-order valence-corrected chi connectivity index (χ4v) is 2.26. The summed E-state index contributed by atoms with van der Waals surface area (Å²) in [7, 11) is 2.15. The Morgan fingerprint density at radius 2 is 2.43 bits per heavy atom. The Balaban J connectivity index is 2.05. The summed E-state index contributed by atoms with van der Waals surface area (Å²) < 4.78 is 0. The van der Waals surface area contributed by atoms with Crippen molar-refractivity contribution in [2.45, 2.75) is 25.3 Å². The van der Waals surface area contributed by atoms with Crippen LogP contribution in [0.25, 0.3) is 0 Å². The van der Waals surface area contributed by atoms with Crippen molar-refractivity contribution < 1.29 is 4.79 Å². The normalized spacial score (nSPS) is 27.9. The highest BCUT2D eigenvalue weighted by Crippen LogP contribution is 2.26. The molecule has 2 heterocycles. The summed E-state index contributed by atoms with van der Waals surface area (Å²) in [6.45, 7) is 1.17. The van der Waals surface area contributed by atoms with E-state index in [9.17, 15) is 4.79 Å². The second-order valence-electron chi connectivity index (χ2n) is 4.04. The van der Waals surface area contributed by atoms with E-state index < -0.39 is 0 Å². The molecule has 3 heteroatoms. The maximum absolute atomic E-state index is 10.7. The molecule has 1 fully saturated rings. The highest BCUT2D eigenvalue weighted by Gasteiger charge is 2.25. The number of hydrogen-bond acceptors (Lipinski definition) is 3. The molecule has 0 bridgehead atoms. The Bertz CT molecular complexity index is 294. The van der Waals surface area contributed by atoms with E-state index in [2.05, 4.69) is 17.3 Å². The zero-order valence-corrected chi connectivity index (χ0v) is 8.49. The molecule has 76 valence electrons. The van der Waals surface area contributed by atoms with E-state index in [1.807, 2.05) is 6.20 Å². The first-order valence-electron chi connectivity index (χ1n) is 5.10. The van der Waals surface area contributed by atoms with E-state index in [-0.39, 0.29) is 0 Å². The van der Waals surface area contributed by atoms with E-state index in [4.69, 9.17) is 0 Å². The van der Waals surface area contributed by atoms with Gasteiger partial charge in [0.2, 0.25) is 0 Å². The Morgan fingerprint density at radius 3 is 3.07 bits per heavy atom. The van der Waals surface area contributed by atoms with Crippen LogP contribution in [0.4, 0.5) is 0 Å². The number of allylic oxidation sites excluding steroid dienone is 1. The van der Waals surface area contributed by atoms with Crippen molar-refractivity contribution in [2.75, 3.05) is 13.6 Å². The molecular weight excluding hydrogens is 176 g/mol. The number of aldehydes is 1. The minimum Gasteiger partial charge on any atom is -0.367 e. The fraction of sp³-hybridized carbons (Fsp3) is 0.545. The largest absolute Gasteiger partial charge is 0.367 e. The van der Waals surface area contributed by atoms with Gasteiger partial charge in [-0.25, -0.2) is 0 Å². The monoisotopic (exact) mass is 192 g/mol. The summed E-state index contributed by atoms with van der Waals surface area (Å²) in [6, 6.07) is 0.533. The van der Waals surface area contributed by atoms with Crippen molar-refractivity contribution >= 4 is 6.29 Å². The number of likely N-dealkylation sites (N-methyl/N-ethyl adjacent to an activating group) is 1. The van der Waals surface area contributed by atoms with Gasteiger partial charge in [-0.1, -0.05) is 0 Å². The molecule has 1 saturated heterocycles. The van der Waals surface area contributed by atoms with Crippen LogP contribution in [-0.2, 0) is 4.79 Å². The molecule has 0 spiro atoms. The SMILES string of the molecule is CN1CCC[C@H]1C1=CNC=C(C=O)C1. The topological polar surface area (TPSA) is 32.3 Å². The van der Waals surface area contributed by atoms with Crippen LogP contribution in [0, 0.1) is 0 Å². The van der Waals surface area contributed by atoms with Crippen molar-refractivity contribution in [3.63, 3.8) is 0 Å². The van der Waals surface area contributed by atoms with Crippen LogP contribution in [0.5, 0.6) is 0 Å². The molecule has 0 saturated carbocycles. The van der Waals surface area contributed by atoms with Gasteiger partial charge >= 0.3 is 0 Å². The summed E-state index contributed by atoms with van der Waals surface area (Å²) >= 11 is 0. The Morgan fingerprint density at radius 1 is 1.57 bits per heavy atom. The third-order valence-electron chi connectivity index (χ3n) is 3.05. The smallest absolute Gasteiger partial charge is 0.147 e. The quantitative estimate of drug-likeness (QED) is 0.663. The highest BCUT2D eigenvalue weighted by molar-refractivity contribution is 5.74. The van der Waals surface area contributed by atoms with Gasteiger partial charge < -0.3 is 5.32 Å². The fourth-order valence-electron chi connectivity index (χ4n) is 2.26. The van der Waals surface area contributed by atoms with Gasteiger partial charge in [0.05, 0.1) is 0 Å². The van der Waals surface area contributed by atoms with Crippen molar-refractivity contribution in [1.29, 1.82) is 0 Å². The number of carbonyl (C=O) groups excluding carboxylic acids is 1. The second kappa shape index (κ2) is 3.96. The van der Waals surface area contributed by atoms with E-state index in [0.717, 1.165) is 18.3 Å². The van der Waals surface area contributed by atoms with Gasteiger partial charge in [0.25, 0.3) is 0 Å². The maximum Gasteiger partial charge on any atom is 0.147 e. The number of nitrogens with zero attached hydrogens (tertiary/aromatic N) is 1. The van der Waals surface area contributed by atoms with Crippen molar-refractivity contribution in [1.82, 2.24) is 10.2 Å². The number of hydrogen-bond donors (Lipinski definition) is 1. The minimum atomic E-state index is 0.533. The third kappa shape index (κ3) is 1.73. The van der Waals surface area contributed by atoms with Crippen LogP contribution in [-0.4, -0.2) is 30.8 Å². The van der Waals surface area contributed by atoms with Crippen LogP contribution in [0.15, 0.2) is 23.5 Å². The first-order valence-corrected chi connectivity index (χ1v) is 5.10. The summed E-state index contributed by atoms with van der Waals surface area (Å²) in [6.07, 6.45) is 8.06. The molecule has 2 aliphatic heterocycles. The molecule has 14 heavy (non-hydrogen) atoms. The van der Waals surface area contributed by atoms with Crippen LogP contribution in [0.3, 0.4) is 0 Å². The molecular formula is C11H16N2O. The highest BCUT2D eigenvalue weighted by atomic mass is 16.1. The molecule has 1 atom stereocenters. The first-order chi connectivity index (χ1) is 6.81. The van der Waals surface area contributed by atoms with Crippen molar-refractivity contribution in [2.24, 2.45) is 0 Å². The standard InChI is InChI=1S/C11H16N2O/c1-13-4-2-3-11(13)10-5-9(8-14)6-12-7-10/h6-8,11-12H,2-5H2,1H3/t11-/m0/s1. The van der Waals surface area contributed by atoms with Crippen LogP contribution >= 0.6 is 0 Å². The average Bonchev–Trinajstić information content (AvgIpc) is 2.65. The molecule has 0 aromatic carbocycles. The molecule has 2 rings (SSSR count). The number of likely N-dealkylation sites (tertiary alicyclic amines) is 1. The Hall–Kier alpha value is -1.09. The van der Waals surface area contributed by atoms with Crippen LogP contribution in [0.2, 0.25) is 0 Å². The zero-order valence-electron chi connectivity index (χ0n) is 8.49. The van der Waals surface area contributed by atoms with Gasteiger partial charge in [-0.05, 0) is 32.0 Å².